The number of aromatic nitrogens is 3. The summed E-state index contributed by atoms with van der Waals surface area (Å²) in [6.07, 6.45) is -10.6. The molecule has 14 heteroatoms. The van der Waals surface area contributed by atoms with E-state index >= 15 is 0 Å². The van der Waals surface area contributed by atoms with Gasteiger partial charge in [0.1, 0.15) is 11.9 Å². The second-order valence-corrected chi connectivity index (χ2v) is 8.06. The number of hydrogen-bond donors (Lipinski definition) is 2. The van der Waals surface area contributed by atoms with Crippen molar-refractivity contribution in [1.29, 1.82) is 0 Å². The lowest BCUT2D eigenvalue weighted by molar-refractivity contribution is -0.205. The Labute approximate surface area is 200 Å². The lowest BCUT2D eigenvalue weighted by Gasteiger charge is -2.35. The Morgan fingerprint density at radius 3 is 2.53 bits per heavy atom. The predicted molar refractivity (Wildman–Crippen MR) is 119 cm³/mol. The summed E-state index contributed by atoms with van der Waals surface area (Å²) in [5.74, 6) is -2.13. The van der Waals surface area contributed by atoms with E-state index in [0.29, 0.717) is 17.6 Å². The predicted octanol–water partition coefficient (Wildman–Crippen LogP) is 4.41. The first-order chi connectivity index (χ1) is 16.9. The second-order valence-electron chi connectivity index (χ2n) is 8.06. The molecule has 0 radical (unpaired) electrons. The molecule has 0 amide bonds. The number of hydrogen-bond acceptors (Lipinski definition) is 8. The number of fused-ring (bicyclic) bond motifs is 1. The standard InChI is InChI=1S/C22H20F6N6O2/c1-30-17-12-7-8-14(31-18(12)33-20(29)32-17)16-13(21(23,24)25)5-2-6-15(16)34-9-3-4-11(10-34)36-19(35)22(26,27)28/h2,5-8,11H,3-4,9-10H2,1H3,(H3,29,30,31,32,33). The van der Waals surface area contributed by atoms with Crippen LogP contribution in [0.3, 0.4) is 0 Å². The molecule has 0 aliphatic carbocycles. The van der Waals surface area contributed by atoms with E-state index in [1.54, 1.807) is 7.05 Å². The van der Waals surface area contributed by atoms with Crippen LogP contribution in [0.2, 0.25) is 0 Å². The number of alkyl halides is 6. The molecule has 1 unspecified atom stereocenters. The van der Waals surface area contributed by atoms with Gasteiger partial charge >= 0.3 is 18.3 Å². The average molecular weight is 514 g/mol. The number of pyridine rings is 1. The van der Waals surface area contributed by atoms with E-state index < -0.39 is 30.0 Å². The summed E-state index contributed by atoms with van der Waals surface area (Å²) in [4.78, 5) is 25.1. The minimum Gasteiger partial charge on any atom is -0.454 e. The normalized spacial score (nSPS) is 16.8. The number of nitrogens with one attached hydrogen (secondary N) is 1. The van der Waals surface area contributed by atoms with E-state index in [1.807, 2.05) is 0 Å². The van der Waals surface area contributed by atoms with Crippen molar-refractivity contribution < 1.29 is 35.9 Å². The maximum atomic E-state index is 14.1. The summed E-state index contributed by atoms with van der Waals surface area (Å²) in [6, 6.07) is 6.39. The van der Waals surface area contributed by atoms with Gasteiger partial charge < -0.3 is 20.7 Å². The molecule has 4 rings (SSSR count). The maximum absolute atomic E-state index is 14.1. The fourth-order valence-corrected chi connectivity index (χ4v) is 4.14. The van der Waals surface area contributed by atoms with Crippen LogP contribution in [-0.4, -0.2) is 53.3 Å². The monoisotopic (exact) mass is 514 g/mol. The van der Waals surface area contributed by atoms with Gasteiger partial charge in [-0.2, -0.15) is 36.3 Å². The number of carbonyl (C=O) groups excluding carboxylic acids is 1. The zero-order valence-corrected chi connectivity index (χ0v) is 18.7. The fourth-order valence-electron chi connectivity index (χ4n) is 4.14. The van der Waals surface area contributed by atoms with Crippen LogP contribution in [0, 0.1) is 0 Å². The first kappa shape index (κ1) is 25.3. The molecule has 1 atom stereocenters. The number of nitrogens with zero attached hydrogens (tertiary/aromatic N) is 4. The number of nitrogens with two attached hydrogens (primary N) is 1. The van der Waals surface area contributed by atoms with Crippen molar-refractivity contribution in [2.45, 2.75) is 31.3 Å². The SMILES string of the molecule is CNc1nc(N)nc2nc(-c3c(N4CCCC(OC(=O)C(F)(F)F)C4)cccc3C(F)(F)F)ccc12. The van der Waals surface area contributed by atoms with Gasteiger partial charge in [-0.25, -0.2) is 9.78 Å². The molecule has 0 saturated carbocycles. The highest BCUT2D eigenvalue weighted by molar-refractivity contribution is 5.91. The van der Waals surface area contributed by atoms with Crippen molar-refractivity contribution in [3.05, 3.63) is 35.9 Å². The van der Waals surface area contributed by atoms with E-state index in [0.717, 1.165) is 6.07 Å². The summed E-state index contributed by atoms with van der Waals surface area (Å²) < 4.78 is 84.7. The molecule has 1 fully saturated rings. The molecular formula is C22H20F6N6O2. The molecule has 1 saturated heterocycles. The molecule has 3 heterocycles. The summed E-state index contributed by atoms with van der Waals surface area (Å²) in [5.41, 5.74) is 4.51. The Kier molecular flexibility index (Phi) is 6.54. The molecule has 1 aliphatic heterocycles. The fraction of sp³-hybridized carbons (Fsp3) is 0.364. The molecule has 3 N–H and O–H groups in total. The summed E-state index contributed by atoms with van der Waals surface area (Å²) in [6.45, 7) is 0.0176. The Morgan fingerprint density at radius 1 is 1.11 bits per heavy atom. The number of nitrogen functional groups attached to an aromatic ring is 1. The third-order valence-electron chi connectivity index (χ3n) is 5.64. The molecule has 1 aromatic carbocycles. The zero-order chi connectivity index (χ0) is 26.3. The summed E-state index contributed by atoms with van der Waals surface area (Å²) in [7, 11) is 1.59. The van der Waals surface area contributed by atoms with Gasteiger partial charge in [0.25, 0.3) is 0 Å². The van der Waals surface area contributed by atoms with Gasteiger partial charge in [0, 0.05) is 24.8 Å². The summed E-state index contributed by atoms with van der Waals surface area (Å²) in [5, 5.41) is 3.25. The second kappa shape index (κ2) is 9.32. The Balaban J connectivity index is 1.80. The molecule has 0 spiro atoms. The van der Waals surface area contributed by atoms with Gasteiger partial charge in [-0.3, -0.25) is 0 Å². The van der Waals surface area contributed by atoms with Crippen LogP contribution in [0.4, 0.5) is 43.8 Å². The van der Waals surface area contributed by atoms with Gasteiger partial charge in [-0.05, 0) is 37.1 Å². The Morgan fingerprint density at radius 2 is 1.86 bits per heavy atom. The lowest BCUT2D eigenvalue weighted by atomic mass is 9.98. The summed E-state index contributed by atoms with van der Waals surface area (Å²) >= 11 is 0. The van der Waals surface area contributed by atoms with Crippen LogP contribution in [0.25, 0.3) is 22.3 Å². The van der Waals surface area contributed by atoms with Crippen molar-refractivity contribution in [3.63, 3.8) is 0 Å². The van der Waals surface area contributed by atoms with Gasteiger partial charge in [0.05, 0.1) is 23.2 Å². The highest BCUT2D eigenvalue weighted by Gasteiger charge is 2.43. The minimum atomic E-state index is -5.17. The molecule has 36 heavy (non-hydrogen) atoms. The third-order valence-corrected chi connectivity index (χ3v) is 5.64. The largest absolute Gasteiger partial charge is 0.490 e. The van der Waals surface area contributed by atoms with Gasteiger partial charge in [0.15, 0.2) is 5.65 Å². The molecule has 2 aromatic heterocycles. The Bertz CT molecular complexity index is 1300. The van der Waals surface area contributed by atoms with Crippen molar-refractivity contribution in [2.24, 2.45) is 0 Å². The van der Waals surface area contributed by atoms with Crippen molar-refractivity contribution in [3.8, 4) is 11.3 Å². The van der Waals surface area contributed by atoms with Crippen molar-refractivity contribution >= 4 is 34.5 Å². The molecular weight excluding hydrogens is 494 g/mol. The van der Waals surface area contributed by atoms with Gasteiger partial charge in [-0.1, -0.05) is 6.07 Å². The van der Waals surface area contributed by atoms with Gasteiger partial charge in [0.2, 0.25) is 5.95 Å². The molecule has 1 aliphatic rings. The number of carbonyl (C=O) groups is 1. The van der Waals surface area contributed by atoms with E-state index in [9.17, 15) is 31.1 Å². The third kappa shape index (κ3) is 5.06. The average Bonchev–Trinajstić information content (AvgIpc) is 2.81. The number of halogens is 6. The first-order valence-corrected chi connectivity index (χ1v) is 10.7. The smallest absolute Gasteiger partial charge is 0.454 e. The van der Waals surface area contributed by atoms with E-state index in [-0.39, 0.29) is 48.1 Å². The molecule has 8 nitrogen and oxygen atoms in total. The van der Waals surface area contributed by atoms with E-state index in [1.165, 1.54) is 29.2 Å². The van der Waals surface area contributed by atoms with Crippen LogP contribution in [0.1, 0.15) is 18.4 Å². The highest BCUT2D eigenvalue weighted by atomic mass is 19.4. The minimum absolute atomic E-state index is 0.0582. The first-order valence-electron chi connectivity index (χ1n) is 10.7. The zero-order valence-electron chi connectivity index (χ0n) is 18.7. The number of rotatable bonds is 4. The van der Waals surface area contributed by atoms with Crippen LogP contribution in [0.15, 0.2) is 30.3 Å². The molecule has 192 valence electrons. The quantitative estimate of drug-likeness (QED) is 0.390. The molecule has 3 aromatic rings. The Hall–Kier alpha value is -3.84. The highest BCUT2D eigenvalue weighted by Crippen LogP contribution is 2.43. The van der Waals surface area contributed by atoms with Crippen LogP contribution in [-0.2, 0) is 15.7 Å². The van der Waals surface area contributed by atoms with E-state index in [4.69, 9.17) is 5.73 Å². The lowest BCUT2D eigenvalue weighted by Crippen LogP contribution is -2.43. The van der Waals surface area contributed by atoms with Crippen LogP contribution in [0.5, 0.6) is 0 Å². The number of ether oxygens (including phenoxy) is 1. The maximum Gasteiger partial charge on any atom is 0.490 e. The number of piperidine rings is 1. The number of esters is 1. The number of benzene rings is 1. The van der Waals surface area contributed by atoms with Crippen molar-refractivity contribution in [2.75, 3.05) is 36.1 Å². The van der Waals surface area contributed by atoms with Crippen molar-refractivity contribution in [1.82, 2.24) is 15.0 Å². The van der Waals surface area contributed by atoms with Gasteiger partial charge in [-0.15, -0.1) is 0 Å². The van der Waals surface area contributed by atoms with Crippen LogP contribution >= 0.6 is 0 Å². The number of anilines is 3. The van der Waals surface area contributed by atoms with Crippen LogP contribution < -0.4 is 16.0 Å². The topological polar surface area (TPSA) is 106 Å². The van der Waals surface area contributed by atoms with E-state index in [2.05, 4.69) is 25.0 Å². The molecule has 0 bridgehead atoms.